The van der Waals surface area contributed by atoms with Crippen molar-refractivity contribution in [2.45, 2.75) is 32.7 Å². The number of hydrogen-bond donors (Lipinski definition) is 1. The van der Waals surface area contributed by atoms with Gasteiger partial charge in [-0.1, -0.05) is 0 Å². The average molecular weight is 348 g/mol. The second-order valence-electron chi connectivity index (χ2n) is 6.29. The molecule has 1 saturated heterocycles. The van der Waals surface area contributed by atoms with Crippen LogP contribution in [0.15, 0.2) is 36.9 Å². The van der Waals surface area contributed by atoms with Crippen molar-refractivity contribution in [3.05, 3.63) is 54.0 Å². The Labute approximate surface area is 151 Å². The van der Waals surface area contributed by atoms with Crippen LogP contribution in [0, 0.1) is 13.8 Å². The van der Waals surface area contributed by atoms with E-state index in [1.54, 1.807) is 24.8 Å². The lowest BCUT2D eigenvalue weighted by atomic mass is 10.1. The monoisotopic (exact) mass is 348 g/mol. The van der Waals surface area contributed by atoms with Crippen LogP contribution in [0.3, 0.4) is 0 Å². The summed E-state index contributed by atoms with van der Waals surface area (Å²) in [5.74, 6) is 1.92. The maximum Gasteiger partial charge on any atom is 0.228 e. The van der Waals surface area contributed by atoms with Gasteiger partial charge in [0.15, 0.2) is 5.82 Å². The predicted molar refractivity (Wildman–Crippen MR) is 98.2 cm³/mol. The van der Waals surface area contributed by atoms with Crippen LogP contribution >= 0.6 is 0 Å². The van der Waals surface area contributed by atoms with E-state index in [-0.39, 0.29) is 6.04 Å². The molecule has 0 saturated carbocycles. The van der Waals surface area contributed by atoms with Crippen molar-refractivity contribution in [2.75, 3.05) is 16.8 Å². The van der Waals surface area contributed by atoms with E-state index in [1.165, 1.54) is 0 Å². The third-order valence-electron chi connectivity index (χ3n) is 4.32. The molecule has 3 aromatic rings. The molecule has 0 amide bonds. The number of rotatable bonds is 4. The van der Waals surface area contributed by atoms with Gasteiger partial charge in [0, 0.05) is 42.7 Å². The molecule has 0 spiro atoms. The van der Waals surface area contributed by atoms with E-state index in [2.05, 4.69) is 40.1 Å². The molecular weight excluding hydrogens is 328 g/mol. The molecule has 0 radical (unpaired) electrons. The highest BCUT2D eigenvalue weighted by molar-refractivity contribution is 5.54. The van der Waals surface area contributed by atoms with Gasteiger partial charge in [0.05, 0.1) is 6.04 Å². The molecule has 1 aliphatic heterocycles. The Hall–Kier alpha value is -3.16. The van der Waals surface area contributed by atoms with Crippen LogP contribution in [0.2, 0.25) is 0 Å². The first-order valence-electron chi connectivity index (χ1n) is 8.64. The molecule has 4 heterocycles. The Kier molecular flexibility index (Phi) is 4.39. The van der Waals surface area contributed by atoms with Crippen LogP contribution < -0.4 is 10.2 Å². The topological polar surface area (TPSA) is 92.6 Å². The summed E-state index contributed by atoms with van der Waals surface area (Å²) in [5.41, 5.74) is 2.68. The van der Waals surface area contributed by atoms with Gasteiger partial charge >= 0.3 is 0 Å². The van der Waals surface area contributed by atoms with E-state index >= 15 is 0 Å². The third kappa shape index (κ3) is 3.30. The van der Waals surface area contributed by atoms with Gasteiger partial charge in [-0.3, -0.25) is 4.98 Å². The van der Waals surface area contributed by atoms with Crippen LogP contribution in [0.4, 0.5) is 17.7 Å². The SMILES string of the molecule is Cc1cc(C)nc(Nc2nccnc2[C@H]2CCCN2c2ncccn2)n1. The lowest BCUT2D eigenvalue weighted by Crippen LogP contribution is -2.26. The molecule has 3 aromatic heterocycles. The lowest BCUT2D eigenvalue weighted by Gasteiger charge is -2.25. The Bertz CT molecular complexity index is 878. The van der Waals surface area contributed by atoms with Gasteiger partial charge in [0.25, 0.3) is 0 Å². The largest absolute Gasteiger partial charge is 0.332 e. The summed E-state index contributed by atoms with van der Waals surface area (Å²) < 4.78 is 0. The fourth-order valence-corrected chi connectivity index (χ4v) is 3.31. The minimum Gasteiger partial charge on any atom is -0.332 e. The van der Waals surface area contributed by atoms with Crippen LogP contribution in [0.5, 0.6) is 0 Å². The Balaban J connectivity index is 1.67. The maximum absolute atomic E-state index is 4.60. The Morgan fingerprint density at radius 3 is 2.46 bits per heavy atom. The first kappa shape index (κ1) is 16.3. The summed E-state index contributed by atoms with van der Waals surface area (Å²) in [6.07, 6.45) is 8.93. The molecule has 132 valence electrons. The normalized spacial score (nSPS) is 16.7. The summed E-state index contributed by atoms with van der Waals surface area (Å²) in [4.78, 5) is 28.9. The van der Waals surface area contributed by atoms with Crippen LogP contribution in [-0.2, 0) is 0 Å². The van der Waals surface area contributed by atoms with Crippen molar-refractivity contribution in [1.29, 1.82) is 0 Å². The molecule has 26 heavy (non-hydrogen) atoms. The van der Waals surface area contributed by atoms with E-state index in [0.29, 0.717) is 17.7 Å². The second-order valence-corrected chi connectivity index (χ2v) is 6.29. The minimum absolute atomic E-state index is 0.0690. The maximum atomic E-state index is 4.60. The van der Waals surface area contributed by atoms with E-state index < -0.39 is 0 Å². The van der Waals surface area contributed by atoms with E-state index in [1.807, 2.05) is 26.0 Å². The molecule has 0 bridgehead atoms. The predicted octanol–water partition coefficient (Wildman–Crippen LogP) is 2.76. The van der Waals surface area contributed by atoms with Gasteiger partial charge in [0.2, 0.25) is 11.9 Å². The molecule has 0 aromatic carbocycles. The number of anilines is 3. The summed E-state index contributed by atoms with van der Waals surface area (Å²) >= 11 is 0. The summed E-state index contributed by atoms with van der Waals surface area (Å²) in [6.45, 7) is 4.79. The molecule has 0 unspecified atom stereocenters. The molecule has 8 nitrogen and oxygen atoms in total. The number of hydrogen-bond acceptors (Lipinski definition) is 8. The fourth-order valence-electron chi connectivity index (χ4n) is 3.31. The van der Waals surface area contributed by atoms with E-state index in [0.717, 1.165) is 36.5 Å². The molecule has 1 N–H and O–H groups in total. The van der Waals surface area contributed by atoms with Gasteiger partial charge in [-0.05, 0) is 38.8 Å². The van der Waals surface area contributed by atoms with Crippen LogP contribution in [0.1, 0.15) is 36.0 Å². The first-order chi connectivity index (χ1) is 12.7. The number of aromatic nitrogens is 6. The molecule has 4 rings (SSSR count). The van der Waals surface area contributed by atoms with Crippen LogP contribution in [-0.4, -0.2) is 36.4 Å². The molecule has 0 aliphatic carbocycles. The Morgan fingerprint density at radius 2 is 1.69 bits per heavy atom. The zero-order valence-corrected chi connectivity index (χ0v) is 14.8. The average Bonchev–Trinajstić information content (AvgIpc) is 3.11. The first-order valence-corrected chi connectivity index (χ1v) is 8.64. The number of nitrogens with zero attached hydrogens (tertiary/aromatic N) is 7. The number of nitrogens with one attached hydrogen (secondary N) is 1. The van der Waals surface area contributed by atoms with Crippen LogP contribution in [0.25, 0.3) is 0 Å². The summed E-state index contributed by atoms with van der Waals surface area (Å²) in [5, 5.41) is 3.24. The van der Waals surface area contributed by atoms with Gasteiger partial charge < -0.3 is 10.2 Å². The van der Waals surface area contributed by atoms with Gasteiger partial charge in [-0.2, -0.15) is 0 Å². The summed E-state index contributed by atoms with van der Waals surface area (Å²) in [7, 11) is 0. The van der Waals surface area contributed by atoms with Crippen molar-refractivity contribution in [3.63, 3.8) is 0 Å². The lowest BCUT2D eigenvalue weighted by molar-refractivity contribution is 0.677. The minimum atomic E-state index is 0.0690. The highest BCUT2D eigenvalue weighted by atomic mass is 15.3. The zero-order valence-electron chi connectivity index (χ0n) is 14.8. The van der Waals surface area contributed by atoms with Crippen molar-refractivity contribution in [2.24, 2.45) is 0 Å². The van der Waals surface area contributed by atoms with E-state index in [9.17, 15) is 0 Å². The molecular formula is C18H20N8. The quantitative estimate of drug-likeness (QED) is 0.769. The number of aryl methyl sites for hydroxylation is 2. The fraction of sp³-hybridized carbons (Fsp3) is 0.333. The second kappa shape index (κ2) is 6.99. The standard InChI is InChI=1S/C18H20N8/c1-12-11-13(2)24-17(23-12)25-16-15(19-8-9-20-16)14-5-3-10-26(14)18-21-6-4-7-22-18/h4,6-9,11,14H,3,5,10H2,1-2H3,(H,20,23,24,25)/t14-/m1/s1. The molecule has 1 atom stereocenters. The van der Waals surface area contributed by atoms with Gasteiger partial charge in [-0.25, -0.2) is 24.9 Å². The van der Waals surface area contributed by atoms with Crippen molar-refractivity contribution >= 4 is 17.7 Å². The van der Waals surface area contributed by atoms with E-state index in [4.69, 9.17) is 0 Å². The summed E-state index contributed by atoms with van der Waals surface area (Å²) in [6, 6.07) is 3.83. The molecule has 1 aliphatic rings. The molecule has 8 heteroatoms. The van der Waals surface area contributed by atoms with Gasteiger partial charge in [0.1, 0.15) is 5.69 Å². The molecule has 1 fully saturated rings. The third-order valence-corrected chi connectivity index (χ3v) is 4.32. The van der Waals surface area contributed by atoms with Crippen molar-refractivity contribution in [3.8, 4) is 0 Å². The highest BCUT2D eigenvalue weighted by Gasteiger charge is 2.31. The Morgan fingerprint density at radius 1 is 0.962 bits per heavy atom. The zero-order chi connectivity index (χ0) is 17.9. The van der Waals surface area contributed by atoms with Crippen molar-refractivity contribution < 1.29 is 0 Å². The van der Waals surface area contributed by atoms with Gasteiger partial charge in [-0.15, -0.1) is 0 Å². The highest BCUT2D eigenvalue weighted by Crippen LogP contribution is 2.36. The van der Waals surface area contributed by atoms with Crippen molar-refractivity contribution in [1.82, 2.24) is 29.9 Å². The smallest absolute Gasteiger partial charge is 0.228 e.